The van der Waals surface area contributed by atoms with Crippen LogP contribution in [0.3, 0.4) is 0 Å². The molecule has 0 spiro atoms. The second kappa shape index (κ2) is 6.42. The van der Waals surface area contributed by atoms with Crippen molar-refractivity contribution in [2.24, 2.45) is 5.84 Å². The number of aromatic nitrogens is 3. The van der Waals surface area contributed by atoms with Gasteiger partial charge in [-0.1, -0.05) is 0 Å². The van der Waals surface area contributed by atoms with Gasteiger partial charge in [-0.25, -0.2) is 5.43 Å². The maximum atomic E-state index is 5.68. The lowest BCUT2D eigenvalue weighted by atomic mass is 10.1. The van der Waals surface area contributed by atoms with Crippen molar-refractivity contribution in [2.75, 3.05) is 13.7 Å². The van der Waals surface area contributed by atoms with Gasteiger partial charge in [0.05, 0.1) is 24.5 Å². The number of rotatable bonds is 6. The van der Waals surface area contributed by atoms with Crippen LogP contribution in [0, 0.1) is 6.92 Å². The van der Waals surface area contributed by atoms with Gasteiger partial charge in [-0.3, -0.25) is 15.5 Å². The Morgan fingerprint density at radius 3 is 2.95 bits per heavy atom. The summed E-state index contributed by atoms with van der Waals surface area (Å²) in [6, 6.07) is 5.72. The molecule has 0 radical (unpaired) electrons. The first kappa shape index (κ1) is 13.7. The third-order valence-corrected chi connectivity index (χ3v) is 2.95. The molecule has 2 aromatic heterocycles. The van der Waals surface area contributed by atoms with Crippen molar-refractivity contribution in [3.63, 3.8) is 0 Å². The number of nitrogens with two attached hydrogens (primary N) is 1. The first-order chi connectivity index (χ1) is 9.26. The molecule has 1 atom stereocenters. The highest BCUT2D eigenvalue weighted by Gasteiger charge is 2.18. The van der Waals surface area contributed by atoms with Gasteiger partial charge in [-0.2, -0.15) is 5.10 Å². The fourth-order valence-corrected chi connectivity index (χ4v) is 1.99. The summed E-state index contributed by atoms with van der Waals surface area (Å²) in [5, 5.41) is 4.28. The summed E-state index contributed by atoms with van der Waals surface area (Å²) in [5.41, 5.74) is 5.79. The first-order valence-electron chi connectivity index (χ1n) is 6.15. The molecule has 0 amide bonds. The van der Waals surface area contributed by atoms with E-state index < -0.39 is 0 Å². The predicted molar refractivity (Wildman–Crippen MR) is 72.2 cm³/mol. The predicted octanol–water partition coefficient (Wildman–Crippen LogP) is 0.786. The Kier molecular flexibility index (Phi) is 4.62. The van der Waals surface area contributed by atoms with E-state index >= 15 is 0 Å². The molecule has 0 aromatic carbocycles. The van der Waals surface area contributed by atoms with Crippen molar-refractivity contribution in [3.05, 3.63) is 47.5 Å². The average Bonchev–Trinajstić information content (AvgIpc) is 2.86. The van der Waals surface area contributed by atoms with Crippen LogP contribution in [-0.2, 0) is 11.3 Å². The number of nitrogens with zero attached hydrogens (tertiary/aromatic N) is 3. The standard InChI is InChI=1S/C13H19N5O/c1-10-3-5-15-11(9-10)13(17-14)12-4-6-16-18(12)7-8-19-2/h3-6,9,13,17H,7-8,14H2,1-2H3. The molecule has 102 valence electrons. The summed E-state index contributed by atoms with van der Waals surface area (Å²) in [4.78, 5) is 4.37. The number of pyridine rings is 1. The van der Waals surface area contributed by atoms with Crippen molar-refractivity contribution in [1.82, 2.24) is 20.2 Å². The molecule has 0 aliphatic carbocycles. The van der Waals surface area contributed by atoms with E-state index in [0.29, 0.717) is 13.2 Å². The van der Waals surface area contributed by atoms with Crippen molar-refractivity contribution in [3.8, 4) is 0 Å². The molecule has 0 saturated carbocycles. The van der Waals surface area contributed by atoms with E-state index in [1.807, 2.05) is 29.8 Å². The van der Waals surface area contributed by atoms with Crippen LogP contribution in [-0.4, -0.2) is 28.5 Å². The molecule has 0 bridgehead atoms. The molecule has 2 aromatic rings. The highest BCUT2D eigenvalue weighted by molar-refractivity contribution is 5.24. The summed E-state index contributed by atoms with van der Waals surface area (Å²) >= 11 is 0. The topological polar surface area (TPSA) is 78.0 Å². The molecule has 2 rings (SSSR count). The molecule has 6 nitrogen and oxygen atoms in total. The maximum absolute atomic E-state index is 5.68. The van der Waals surface area contributed by atoms with Gasteiger partial charge in [0, 0.05) is 19.5 Å². The number of hydrogen-bond acceptors (Lipinski definition) is 5. The van der Waals surface area contributed by atoms with E-state index in [1.165, 1.54) is 0 Å². The van der Waals surface area contributed by atoms with Gasteiger partial charge < -0.3 is 4.74 Å². The van der Waals surface area contributed by atoms with Crippen LogP contribution in [0.4, 0.5) is 0 Å². The molecule has 1 unspecified atom stereocenters. The zero-order valence-electron chi connectivity index (χ0n) is 11.2. The lowest BCUT2D eigenvalue weighted by molar-refractivity contribution is 0.182. The highest BCUT2D eigenvalue weighted by Crippen LogP contribution is 2.19. The Morgan fingerprint density at radius 1 is 1.42 bits per heavy atom. The van der Waals surface area contributed by atoms with Crippen molar-refractivity contribution >= 4 is 0 Å². The second-order valence-corrected chi connectivity index (χ2v) is 4.33. The van der Waals surface area contributed by atoms with E-state index in [0.717, 1.165) is 17.0 Å². The fraction of sp³-hybridized carbons (Fsp3) is 0.385. The molecular formula is C13H19N5O. The van der Waals surface area contributed by atoms with Gasteiger partial charge in [0.25, 0.3) is 0 Å². The molecule has 19 heavy (non-hydrogen) atoms. The van der Waals surface area contributed by atoms with Gasteiger partial charge in [0.1, 0.15) is 6.04 Å². The van der Waals surface area contributed by atoms with Gasteiger partial charge >= 0.3 is 0 Å². The second-order valence-electron chi connectivity index (χ2n) is 4.33. The SMILES string of the molecule is COCCn1nccc1C(NN)c1cc(C)ccn1. The van der Waals surface area contributed by atoms with Crippen LogP contribution in [0.1, 0.15) is 23.0 Å². The Balaban J connectivity index is 2.29. The van der Waals surface area contributed by atoms with Gasteiger partial charge in [0.15, 0.2) is 0 Å². The number of hydrogen-bond donors (Lipinski definition) is 2. The number of ether oxygens (including phenoxy) is 1. The fourth-order valence-electron chi connectivity index (χ4n) is 1.99. The molecule has 3 N–H and O–H groups in total. The quantitative estimate of drug-likeness (QED) is 0.593. The summed E-state index contributed by atoms with van der Waals surface area (Å²) in [5.74, 6) is 5.68. The zero-order valence-corrected chi connectivity index (χ0v) is 11.2. The smallest absolute Gasteiger partial charge is 0.105 e. The van der Waals surface area contributed by atoms with Gasteiger partial charge in [0.2, 0.25) is 0 Å². The molecule has 0 aliphatic heterocycles. The van der Waals surface area contributed by atoms with Crippen LogP contribution in [0.5, 0.6) is 0 Å². The number of nitrogens with one attached hydrogen (secondary N) is 1. The average molecular weight is 261 g/mol. The lowest BCUT2D eigenvalue weighted by Gasteiger charge is -2.17. The summed E-state index contributed by atoms with van der Waals surface area (Å²) in [6.07, 6.45) is 3.54. The van der Waals surface area contributed by atoms with Gasteiger partial charge in [-0.05, 0) is 30.7 Å². The first-order valence-corrected chi connectivity index (χ1v) is 6.15. The molecule has 6 heteroatoms. The third kappa shape index (κ3) is 3.17. The Bertz CT molecular complexity index is 525. The number of methoxy groups -OCH3 is 1. The minimum Gasteiger partial charge on any atom is -0.383 e. The van der Waals surface area contributed by atoms with E-state index in [4.69, 9.17) is 10.6 Å². The third-order valence-electron chi connectivity index (χ3n) is 2.95. The van der Waals surface area contributed by atoms with Crippen molar-refractivity contribution < 1.29 is 4.74 Å². The summed E-state index contributed by atoms with van der Waals surface area (Å²) in [7, 11) is 1.67. The summed E-state index contributed by atoms with van der Waals surface area (Å²) < 4.78 is 6.95. The molecular weight excluding hydrogens is 242 g/mol. The molecule has 0 saturated heterocycles. The van der Waals surface area contributed by atoms with E-state index in [-0.39, 0.29) is 6.04 Å². The van der Waals surface area contributed by atoms with E-state index in [1.54, 1.807) is 19.5 Å². The van der Waals surface area contributed by atoms with Crippen LogP contribution in [0.15, 0.2) is 30.6 Å². The normalized spacial score (nSPS) is 12.6. The molecule has 0 fully saturated rings. The van der Waals surface area contributed by atoms with E-state index in [2.05, 4.69) is 15.5 Å². The minimum atomic E-state index is -0.181. The van der Waals surface area contributed by atoms with Crippen LogP contribution in [0.2, 0.25) is 0 Å². The van der Waals surface area contributed by atoms with Crippen LogP contribution in [0.25, 0.3) is 0 Å². The van der Waals surface area contributed by atoms with Gasteiger partial charge in [-0.15, -0.1) is 0 Å². The van der Waals surface area contributed by atoms with Crippen LogP contribution >= 0.6 is 0 Å². The Morgan fingerprint density at radius 2 is 2.26 bits per heavy atom. The molecule has 0 aliphatic rings. The monoisotopic (exact) mass is 261 g/mol. The zero-order chi connectivity index (χ0) is 13.7. The highest BCUT2D eigenvalue weighted by atomic mass is 16.5. The van der Waals surface area contributed by atoms with E-state index in [9.17, 15) is 0 Å². The largest absolute Gasteiger partial charge is 0.383 e. The van der Waals surface area contributed by atoms with Crippen molar-refractivity contribution in [1.29, 1.82) is 0 Å². The Hall–Kier alpha value is -1.76. The number of hydrazine groups is 1. The molecule has 2 heterocycles. The Labute approximate surface area is 112 Å². The summed E-state index contributed by atoms with van der Waals surface area (Å²) in [6.45, 7) is 3.32. The minimum absolute atomic E-state index is 0.181. The van der Waals surface area contributed by atoms with Crippen molar-refractivity contribution in [2.45, 2.75) is 19.5 Å². The lowest BCUT2D eigenvalue weighted by Crippen LogP contribution is -2.31. The number of aryl methyl sites for hydroxylation is 1. The van der Waals surface area contributed by atoms with Crippen LogP contribution < -0.4 is 11.3 Å². The maximum Gasteiger partial charge on any atom is 0.105 e.